The molecule has 17 heteroatoms. The van der Waals surface area contributed by atoms with Crippen LogP contribution in [0, 0.1) is 0 Å². The Kier molecular flexibility index (Phi) is 13.3. The molecule has 1 aromatic carbocycles. The SMILES string of the molecule is [B][B][B][B][B][B][B][B][B][B][B][B][S+]1CCN(c2ccc(CC(N)C(=O)O)cc2)CC1. The number of carboxylic acids is 1. The molecule has 0 amide bonds. The number of anilines is 1. The molecule has 1 aromatic rings. The predicted octanol–water partition coefficient (Wildman–Crippen LogP) is -4.03. The molecule has 0 bridgehead atoms. The number of carbonyl (C=O) groups is 1. The molecule has 3 N–H and O–H groups in total. The van der Waals surface area contributed by atoms with Crippen molar-refractivity contribution in [1.82, 2.24) is 0 Å². The van der Waals surface area contributed by atoms with Crippen LogP contribution in [0.25, 0.3) is 0 Å². The topological polar surface area (TPSA) is 66.6 Å². The molecule has 30 heavy (non-hydrogen) atoms. The van der Waals surface area contributed by atoms with Crippen LogP contribution in [-0.4, -0.2) is 127 Å². The molecular weight excluding hydrogens is 378 g/mol. The van der Waals surface area contributed by atoms with Crippen molar-refractivity contribution < 1.29 is 9.90 Å². The number of aliphatic carboxylic acids is 1. The lowest BCUT2D eigenvalue weighted by atomic mass is 8.87. The molecule has 1 aliphatic heterocycles. The summed E-state index contributed by atoms with van der Waals surface area (Å²) in [5.74, 6) is 1.34. The molecule has 2 rings (SSSR count). The van der Waals surface area contributed by atoms with E-state index in [1.165, 1.54) is 12.7 Å². The summed E-state index contributed by atoms with van der Waals surface area (Å²) in [5, 5.41) is 8.92. The van der Waals surface area contributed by atoms with E-state index >= 15 is 0 Å². The van der Waals surface area contributed by atoms with Crippen LogP contribution in [0.15, 0.2) is 24.3 Å². The Hall–Kier alpha value is -0.421. The number of rotatable bonds is 15. The van der Waals surface area contributed by atoms with Crippen LogP contribution >= 0.6 is 0 Å². The zero-order valence-corrected chi connectivity index (χ0v) is 18.0. The third-order valence-corrected chi connectivity index (χ3v) is 6.55. The molecule has 13 radical (unpaired) electrons. The second-order valence-corrected chi connectivity index (χ2v) is 8.97. The highest BCUT2D eigenvalue weighted by molar-refractivity contribution is 8.25. The summed E-state index contributed by atoms with van der Waals surface area (Å²) in [6.45, 7) is 2.06. The molecule has 133 valence electrons. The Balaban J connectivity index is 1.54. The van der Waals surface area contributed by atoms with E-state index in [0.717, 1.165) is 30.2 Å². The zero-order valence-electron chi connectivity index (χ0n) is 17.1. The molecule has 1 aliphatic rings. The maximum Gasteiger partial charge on any atom is 0.370 e. The van der Waals surface area contributed by atoms with Crippen molar-refractivity contribution in [2.45, 2.75) is 12.5 Å². The minimum absolute atomic E-state index is 0.313. The quantitative estimate of drug-likeness (QED) is 0.180. The van der Waals surface area contributed by atoms with E-state index in [4.69, 9.17) is 18.6 Å². The maximum absolute atomic E-state index is 10.9. The number of carboxylic acid groups (broad SMARTS) is 1. The van der Waals surface area contributed by atoms with Gasteiger partial charge in [0.05, 0.1) is 20.2 Å². The van der Waals surface area contributed by atoms with E-state index in [1.54, 1.807) is 7.06 Å². The molecule has 1 fully saturated rings. The lowest BCUT2D eigenvalue weighted by molar-refractivity contribution is -0.138. The predicted molar refractivity (Wildman–Crippen MR) is 144 cm³/mol. The first-order chi connectivity index (χ1) is 14.6. The van der Waals surface area contributed by atoms with E-state index in [9.17, 15) is 4.79 Å². The van der Waals surface area contributed by atoms with Gasteiger partial charge in [0.25, 0.3) is 0 Å². The summed E-state index contributed by atoms with van der Waals surface area (Å²) < 4.78 is 0. The third-order valence-electron chi connectivity index (χ3n) is 4.59. The van der Waals surface area contributed by atoms with Gasteiger partial charge in [0.15, 0.2) is 0 Å². The molecular formula is C13H18B12N2O2S+. The van der Waals surface area contributed by atoms with Gasteiger partial charge in [-0.1, -0.05) is 22.9 Å². The van der Waals surface area contributed by atoms with Crippen LogP contribution in [-0.2, 0) is 22.0 Å². The van der Waals surface area contributed by atoms with Crippen molar-refractivity contribution in [3.8, 4) is 0 Å². The first-order valence-electron chi connectivity index (χ1n) is 9.97. The Morgan fingerprint density at radius 3 is 2.07 bits per heavy atom. The summed E-state index contributed by atoms with van der Waals surface area (Å²) in [7, 11) is 24.8. The van der Waals surface area contributed by atoms with Gasteiger partial charge < -0.3 is 15.7 Å². The highest BCUT2D eigenvalue weighted by Crippen LogP contribution is 2.19. The van der Waals surface area contributed by atoms with Crippen molar-refractivity contribution in [3.63, 3.8) is 0 Å². The fraction of sp³-hybridized carbons (Fsp3) is 0.462. The number of benzene rings is 1. The van der Waals surface area contributed by atoms with Gasteiger partial charge in [0.1, 0.15) is 17.5 Å². The summed E-state index contributed by atoms with van der Waals surface area (Å²) in [6, 6.07) is 7.24. The summed E-state index contributed by atoms with van der Waals surface area (Å²) in [4.78, 5) is 13.3. The van der Waals surface area contributed by atoms with Gasteiger partial charge >= 0.3 is 12.4 Å². The van der Waals surface area contributed by atoms with E-state index in [0.29, 0.717) is 17.2 Å². The maximum atomic E-state index is 10.9. The lowest BCUT2D eigenvalue weighted by Crippen LogP contribution is -2.44. The van der Waals surface area contributed by atoms with Crippen molar-refractivity contribution in [1.29, 1.82) is 0 Å². The van der Waals surface area contributed by atoms with Gasteiger partial charge in [-0.3, -0.25) is 4.79 Å². The van der Waals surface area contributed by atoms with Crippen LogP contribution in [0.2, 0.25) is 0 Å². The fourth-order valence-corrected chi connectivity index (χ4v) is 4.62. The van der Waals surface area contributed by atoms with Crippen LogP contribution in [0.1, 0.15) is 5.56 Å². The van der Waals surface area contributed by atoms with Gasteiger partial charge in [0.2, 0.25) is 0 Å². The number of hydrogen-bond acceptors (Lipinski definition) is 3. The minimum atomic E-state index is -0.965. The standard InChI is InChI=1S/C13H18B12N2O2S/c14-15-16-17-18-19-20-21-22-23-24-25-30-7-5-27(6-8-30)11-3-1-10(2-4-11)9-12(26)13(28)29/h1-4,12H,5-9,26H2,(H,28,29)/q+1. The van der Waals surface area contributed by atoms with Crippen molar-refractivity contribution in [2.24, 2.45) is 5.73 Å². The molecule has 0 aliphatic carbocycles. The average Bonchev–Trinajstić information content (AvgIpc) is 2.76. The lowest BCUT2D eigenvalue weighted by Gasteiger charge is -2.29. The molecule has 1 unspecified atom stereocenters. The normalized spacial score (nSPS) is 14.5. The molecule has 1 heterocycles. The monoisotopic (exact) mass is 398 g/mol. The van der Waals surface area contributed by atoms with Gasteiger partial charge in [-0.2, -0.15) is 0 Å². The van der Waals surface area contributed by atoms with Crippen LogP contribution in [0.3, 0.4) is 0 Å². The second-order valence-electron chi connectivity index (χ2n) is 6.81. The Morgan fingerprint density at radius 2 is 1.53 bits per heavy atom. The average molecular weight is 396 g/mol. The summed E-state index contributed by atoms with van der Waals surface area (Å²) >= 11 is 0. The van der Waals surface area contributed by atoms with Gasteiger partial charge in [0, 0.05) is 77.0 Å². The third kappa shape index (κ3) is 10.3. The summed E-state index contributed by atoms with van der Waals surface area (Å²) in [6.07, 6.45) is 2.67. The molecule has 1 atom stereocenters. The molecule has 0 saturated carbocycles. The van der Waals surface area contributed by atoms with E-state index in [1.807, 2.05) is 54.5 Å². The highest BCUT2D eigenvalue weighted by atomic mass is 32.2. The molecule has 1 saturated heterocycles. The Morgan fingerprint density at radius 1 is 1.00 bits per heavy atom. The van der Waals surface area contributed by atoms with Crippen molar-refractivity contribution in [2.75, 3.05) is 29.5 Å². The first-order valence-corrected chi connectivity index (χ1v) is 11.6. The van der Waals surface area contributed by atoms with E-state index in [-0.39, 0.29) is 0 Å². The molecule has 4 nitrogen and oxygen atoms in total. The highest BCUT2D eigenvalue weighted by Gasteiger charge is 2.27. The Bertz CT molecular complexity index is 610. The smallest absolute Gasteiger partial charge is 0.370 e. The van der Waals surface area contributed by atoms with Crippen molar-refractivity contribution >= 4 is 107 Å². The number of nitrogens with two attached hydrogens (primary N) is 1. The van der Waals surface area contributed by atoms with Crippen LogP contribution in [0.4, 0.5) is 5.69 Å². The van der Waals surface area contributed by atoms with Crippen LogP contribution in [0.5, 0.6) is 0 Å². The van der Waals surface area contributed by atoms with Gasteiger partial charge in [-0.15, -0.1) is 0 Å². The number of nitrogens with zero attached hydrogens (tertiary/aromatic N) is 1. The summed E-state index contributed by atoms with van der Waals surface area (Å²) in [5.41, 5.74) is 7.75. The molecule has 0 aromatic heterocycles. The van der Waals surface area contributed by atoms with Crippen molar-refractivity contribution in [3.05, 3.63) is 29.8 Å². The fourth-order valence-electron chi connectivity index (χ4n) is 2.92. The molecule has 0 spiro atoms. The zero-order chi connectivity index (χ0) is 21.6. The van der Waals surface area contributed by atoms with E-state index < -0.39 is 12.0 Å². The van der Waals surface area contributed by atoms with E-state index in [2.05, 4.69) is 37.6 Å². The van der Waals surface area contributed by atoms with Gasteiger partial charge in [-0.05, 0) is 24.1 Å². The second kappa shape index (κ2) is 15.4. The Labute approximate surface area is 194 Å². The number of hydrogen-bond donors (Lipinski definition) is 2. The first kappa shape index (κ1) is 25.8. The van der Waals surface area contributed by atoms with Gasteiger partial charge in [-0.25, -0.2) is 0 Å². The van der Waals surface area contributed by atoms with Crippen LogP contribution < -0.4 is 10.6 Å². The largest absolute Gasteiger partial charge is 0.480 e. The minimum Gasteiger partial charge on any atom is -0.480 e.